The maximum atomic E-state index is 9.34. The molecule has 66 valence electrons. The molecule has 0 aliphatic heterocycles. The van der Waals surface area contributed by atoms with Crippen LogP contribution in [0.25, 0.3) is 0 Å². The molecule has 0 saturated heterocycles. The molecule has 0 radical (unpaired) electrons. The summed E-state index contributed by atoms with van der Waals surface area (Å²) < 4.78 is 10.0. The molecule has 1 aromatic rings. The molecule has 0 atom stereocenters. The van der Waals surface area contributed by atoms with Crippen LogP contribution in [0.15, 0.2) is 12.1 Å². The van der Waals surface area contributed by atoms with Gasteiger partial charge in [0.1, 0.15) is 0 Å². The van der Waals surface area contributed by atoms with E-state index in [-0.39, 0.29) is 5.75 Å². The number of aryl methyl sites for hydroxylation is 1. The van der Waals surface area contributed by atoms with Crippen molar-refractivity contribution in [3.63, 3.8) is 0 Å². The van der Waals surface area contributed by atoms with Gasteiger partial charge in [0.15, 0.2) is 11.5 Å². The topological polar surface area (TPSA) is 38.7 Å². The molecule has 0 saturated carbocycles. The number of benzene rings is 1. The van der Waals surface area contributed by atoms with Gasteiger partial charge < -0.3 is 14.6 Å². The Labute approximate surface area is 71.5 Å². The quantitative estimate of drug-likeness (QED) is 0.730. The summed E-state index contributed by atoms with van der Waals surface area (Å²) in [6, 6.07) is 3.35. The molecule has 1 aromatic carbocycles. The zero-order valence-electron chi connectivity index (χ0n) is 7.42. The summed E-state index contributed by atoms with van der Waals surface area (Å²) in [6.45, 7) is 1.89. The van der Waals surface area contributed by atoms with Gasteiger partial charge in [0, 0.05) is 0 Å². The molecule has 0 aromatic heterocycles. The first-order chi connectivity index (χ1) is 5.70. The molecule has 3 nitrogen and oxygen atoms in total. The molecule has 0 spiro atoms. The first-order valence-electron chi connectivity index (χ1n) is 3.61. The fraction of sp³-hybridized carbons (Fsp3) is 0.333. The van der Waals surface area contributed by atoms with E-state index in [0.29, 0.717) is 11.5 Å². The van der Waals surface area contributed by atoms with Gasteiger partial charge in [-0.05, 0) is 18.6 Å². The van der Waals surface area contributed by atoms with Crippen molar-refractivity contribution < 1.29 is 14.6 Å². The first kappa shape index (κ1) is 8.71. The van der Waals surface area contributed by atoms with Gasteiger partial charge in [0.05, 0.1) is 14.2 Å². The Kier molecular flexibility index (Phi) is 2.43. The van der Waals surface area contributed by atoms with Crippen LogP contribution in [0.2, 0.25) is 0 Å². The van der Waals surface area contributed by atoms with Crippen molar-refractivity contribution in [1.82, 2.24) is 0 Å². The molecule has 0 heterocycles. The second-order valence-corrected chi connectivity index (χ2v) is 2.47. The summed E-state index contributed by atoms with van der Waals surface area (Å²) >= 11 is 0. The zero-order valence-corrected chi connectivity index (χ0v) is 7.42. The van der Waals surface area contributed by atoms with E-state index in [4.69, 9.17) is 9.47 Å². The van der Waals surface area contributed by atoms with E-state index in [9.17, 15) is 5.11 Å². The molecular weight excluding hydrogens is 156 g/mol. The number of ether oxygens (including phenoxy) is 2. The fourth-order valence-corrected chi connectivity index (χ4v) is 1.10. The summed E-state index contributed by atoms with van der Waals surface area (Å²) in [4.78, 5) is 0. The van der Waals surface area contributed by atoms with Crippen molar-refractivity contribution in [2.45, 2.75) is 6.92 Å². The van der Waals surface area contributed by atoms with Gasteiger partial charge in [-0.3, -0.25) is 0 Å². The SMILES string of the molecule is COc1c(C)ccc(O)c1OC. The van der Waals surface area contributed by atoms with E-state index in [1.165, 1.54) is 7.11 Å². The van der Waals surface area contributed by atoms with Gasteiger partial charge in [-0.15, -0.1) is 0 Å². The standard InChI is InChI=1S/C9H12O3/c1-6-4-5-7(10)9(12-3)8(6)11-2/h4-5,10H,1-3H3. The molecular formula is C9H12O3. The summed E-state index contributed by atoms with van der Waals surface area (Å²) in [6.07, 6.45) is 0. The van der Waals surface area contributed by atoms with Gasteiger partial charge >= 0.3 is 0 Å². The van der Waals surface area contributed by atoms with Crippen LogP contribution in [0.5, 0.6) is 17.2 Å². The summed E-state index contributed by atoms with van der Waals surface area (Å²) in [5.41, 5.74) is 0.937. The Bertz CT molecular complexity index is 252. The summed E-state index contributed by atoms with van der Waals surface area (Å²) in [7, 11) is 3.04. The highest BCUT2D eigenvalue weighted by Crippen LogP contribution is 2.38. The maximum Gasteiger partial charge on any atom is 0.203 e. The molecule has 1 N–H and O–H groups in total. The predicted octanol–water partition coefficient (Wildman–Crippen LogP) is 1.72. The van der Waals surface area contributed by atoms with Crippen LogP contribution in [-0.2, 0) is 0 Å². The predicted molar refractivity (Wildman–Crippen MR) is 45.9 cm³/mol. The molecule has 0 aliphatic carbocycles. The third-order valence-corrected chi connectivity index (χ3v) is 1.70. The number of rotatable bonds is 2. The van der Waals surface area contributed by atoms with Crippen molar-refractivity contribution in [3.05, 3.63) is 17.7 Å². The molecule has 1 rings (SSSR count). The minimum atomic E-state index is 0.0972. The van der Waals surface area contributed by atoms with Crippen LogP contribution in [0.3, 0.4) is 0 Å². The smallest absolute Gasteiger partial charge is 0.203 e. The zero-order chi connectivity index (χ0) is 9.14. The highest BCUT2D eigenvalue weighted by molar-refractivity contribution is 5.54. The highest BCUT2D eigenvalue weighted by Gasteiger charge is 2.10. The van der Waals surface area contributed by atoms with Crippen LogP contribution in [0.1, 0.15) is 5.56 Å². The van der Waals surface area contributed by atoms with Gasteiger partial charge in [-0.2, -0.15) is 0 Å². The van der Waals surface area contributed by atoms with Crippen molar-refractivity contribution in [3.8, 4) is 17.2 Å². The minimum Gasteiger partial charge on any atom is -0.504 e. The molecule has 0 aliphatic rings. The van der Waals surface area contributed by atoms with E-state index in [0.717, 1.165) is 5.56 Å². The van der Waals surface area contributed by atoms with Crippen LogP contribution >= 0.6 is 0 Å². The molecule has 12 heavy (non-hydrogen) atoms. The van der Waals surface area contributed by atoms with Crippen LogP contribution in [-0.4, -0.2) is 19.3 Å². The largest absolute Gasteiger partial charge is 0.504 e. The first-order valence-corrected chi connectivity index (χ1v) is 3.61. The number of methoxy groups -OCH3 is 2. The highest BCUT2D eigenvalue weighted by atomic mass is 16.5. The lowest BCUT2D eigenvalue weighted by Gasteiger charge is -2.10. The normalized spacial score (nSPS) is 9.58. The average molecular weight is 168 g/mol. The van der Waals surface area contributed by atoms with Gasteiger partial charge in [-0.1, -0.05) is 6.07 Å². The van der Waals surface area contributed by atoms with Crippen molar-refractivity contribution in [2.24, 2.45) is 0 Å². The van der Waals surface area contributed by atoms with Crippen LogP contribution in [0, 0.1) is 6.92 Å². The summed E-state index contributed by atoms with van der Waals surface area (Å²) in [5, 5.41) is 9.34. The number of hydrogen-bond acceptors (Lipinski definition) is 3. The molecule has 0 bridgehead atoms. The second-order valence-electron chi connectivity index (χ2n) is 2.47. The Balaban J connectivity index is 3.28. The second kappa shape index (κ2) is 3.34. The van der Waals surface area contributed by atoms with Gasteiger partial charge in [0.2, 0.25) is 5.75 Å². The molecule has 0 amide bonds. The number of hydrogen-bond donors (Lipinski definition) is 1. The van der Waals surface area contributed by atoms with E-state index < -0.39 is 0 Å². The molecule has 3 heteroatoms. The Hall–Kier alpha value is -1.38. The Morgan fingerprint density at radius 3 is 2.08 bits per heavy atom. The number of aromatic hydroxyl groups is 1. The lowest BCUT2D eigenvalue weighted by molar-refractivity contribution is 0.331. The average Bonchev–Trinajstić information content (AvgIpc) is 2.08. The number of phenolic OH excluding ortho intramolecular Hbond substituents is 1. The van der Waals surface area contributed by atoms with Crippen LogP contribution < -0.4 is 9.47 Å². The third kappa shape index (κ3) is 1.30. The molecule has 0 fully saturated rings. The van der Waals surface area contributed by atoms with E-state index in [2.05, 4.69) is 0 Å². The van der Waals surface area contributed by atoms with Crippen molar-refractivity contribution in [1.29, 1.82) is 0 Å². The van der Waals surface area contributed by atoms with E-state index in [1.54, 1.807) is 19.2 Å². The Morgan fingerprint density at radius 1 is 1.08 bits per heavy atom. The molecule has 0 unspecified atom stereocenters. The fourth-order valence-electron chi connectivity index (χ4n) is 1.10. The third-order valence-electron chi connectivity index (χ3n) is 1.70. The monoisotopic (exact) mass is 168 g/mol. The Morgan fingerprint density at radius 2 is 1.67 bits per heavy atom. The summed E-state index contributed by atoms with van der Waals surface area (Å²) in [5.74, 6) is 1.06. The van der Waals surface area contributed by atoms with E-state index >= 15 is 0 Å². The van der Waals surface area contributed by atoms with Gasteiger partial charge in [0.25, 0.3) is 0 Å². The van der Waals surface area contributed by atoms with Crippen molar-refractivity contribution in [2.75, 3.05) is 14.2 Å². The maximum absolute atomic E-state index is 9.34. The number of phenols is 1. The van der Waals surface area contributed by atoms with Gasteiger partial charge in [-0.25, -0.2) is 0 Å². The van der Waals surface area contributed by atoms with Crippen LogP contribution in [0.4, 0.5) is 0 Å². The minimum absolute atomic E-state index is 0.0972. The lowest BCUT2D eigenvalue weighted by Crippen LogP contribution is -1.92. The van der Waals surface area contributed by atoms with Crippen molar-refractivity contribution >= 4 is 0 Å². The lowest BCUT2D eigenvalue weighted by atomic mass is 10.2. The van der Waals surface area contributed by atoms with E-state index in [1.807, 2.05) is 6.92 Å².